The third kappa shape index (κ3) is 4.99. The van der Waals surface area contributed by atoms with Gasteiger partial charge in [-0.25, -0.2) is 0 Å². The highest BCUT2D eigenvalue weighted by atomic mass is 79.9. The topological polar surface area (TPSA) is 49.4 Å². The third-order valence-corrected chi connectivity index (χ3v) is 2.78. The predicted octanol–water partition coefficient (Wildman–Crippen LogP) is 1.54. The molecule has 0 saturated carbocycles. The lowest BCUT2D eigenvalue weighted by Crippen LogP contribution is -2.36. The maximum atomic E-state index is 11.6. The Morgan fingerprint density at radius 3 is 2.41 bits per heavy atom. The number of amides is 2. The smallest absolute Gasteiger partial charge is 0.242 e. The summed E-state index contributed by atoms with van der Waals surface area (Å²) in [6, 6.07) is 7.77. The lowest BCUT2D eigenvalue weighted by Gasteiger charge is -2.17. The fourth-order valence-electron chi connectivity index (χ4n) is 1.29. The summed E-state index contributed by atoms with van der Waals surface area (Å²) in [5.41, 5.74) is 1.05. The molecule has 1 aromatic carbocycles. The molecule has 0 heterocycles. The minimum absolute atomic E-state index is 0.0440. The van der Waals surface area contributed by atoms with Gasteiger partial charge in [0.1, 0.15) is 0 Å². The molecule has 0 atom stereocenters. The number of likely N-dealkylation sites (N-methyl/N-ethyl adjacent to an activating group) is 1. The Hall–Kier alpha value is -1.36. The zero-order chi connectivity index (χ0) is 12.8. The zero-order valence-electron chi connectivity index (χ0n) is 9.87. The van der Waals surface area contributed by atoms with E-state index in [1.807, 2.05) is 24.3 Å². The third-order valence-electron chi connectivity index (χ3n) is 2.25. The Balaban J connectivity index is 2.48. The second-order valence-electron chi connectivity index (χ2n) is 3.79. The average Bonchev–Trinajstić information content (AvgIpc) is 2.28. The first-order valence-corrected chi connectivity index (χ1v) is 6.01. The van der Waals surface area contributed by atoms with Crippen LogP contribution in [0.25, 0.3) is 0 Å². The van der Waals surface area contributed by atoms with Crippen molar-refractivity contribution in [2.45, 2.75) is 13.5 Å². The van der Waals surface area contributed by atoms with E-state index < -0.39 is 0 Å². The van der Waals surface area contributed by atoms with Gasteiger partial charge in [-0.1, -0.05) is 28.1 Å². The van der Waals surface area contributed by atoms with Crippen LogP contribution in [0.3, 0.4) is 0 Å². The van der Waals surface area contributed by atoms with Crippen molar-refractivity contribution in [2.75, 3.05) is 13.6 Å². The highest BCUT2D eigenvalue weighted by Gasteiger charge is 2.09. The molecule has 17 heavy (non-hydrogen) atoms. The molecule has 0 saturated heterocycles. The highest BCUT2D eigenvalue weighted by Crippen LogP contribution is 2.11. The van der Waals surface area contributed by atoms with Gasteiger partial charge in [0, 0.05) is 25.0 Å². The van der Waals surface area contributed by atoms with E-state index in [0.717, 1.165) is 10.0 Å². The van der Waals surface area contributed by atoms with Crippen LogP contribution in [0.1, 0.15) is 12.5 Å². The van der Waals surface area contributed by atoms with Gasteiger partial charge < -0.3 is 10.2 Å². The Morgan fingerprint density at radius 2 is 1.88 bits per heavy atom. The van der Waals surface area contributed by atoms with E-state index in [1.165, 1.54) is 6.92 Å². The predicted molar refractivity (Wildman–Crippen MR) is 69.3 cm³/mol. The molecule has 2 amide bonds. The van der Waals surface area contributed by atoms with Gasteiger partial charge >= 0.3 is 0 Å². The molecule has 0 radical (unpaired) electrons. The van der Waals surface area contributed by atoms with Crippen LogP contribution in [-0.2, 0) is 16.1 Å². The summed E-state index contributed by atoms with van der Waals surface area (Å²) in [5.74, 6) is -0.307. The molecule has 0 unspecified atom stereocenters. The first-order chi connectivity index (χ1) is 7.99. The second-order valence-corrected chi connectivity index (χ2v) is 4.70. The van der Waals surface area contributed by atoms with Gasteiger partial charge in [-0.2, -0.15) is 0 Å². The quantitative estimate of drug-likeness (QED) is 0.917. The van der Waals surface area contributed by atoms with E-state index in [9.17, 15) is 9.59 Å². The fraction of sp³-hybridized carbons (Fsp3) is 0.333. The van der Waals surface area contributed by atoms with E-state index in [2.05, 4.69) is 21.2 Å². The molecule has 1 aromatic rings. The number of rotatable bonds is 4. The largest absolute Gasteiger partial charge is 0.347 e. The number of hydrogen-bond acceptors (Lipinski definition) is 2. The number of nitrogens with zero attached hydrogens (tertiary/aromatic N) is 1. The molecule has 0 aliphatic rings. The van der Waals surface area contributed by atoms with Crippen molar-refractivity contribution in [3.63, 3.8) is 0 Å². The molecule has 0 fully saturated rings. The molecular formula is C12H15BrN2O2. The minimum Gasteiger partial charge on any atom is -0.347 e. The normalized spacial score (nSPS) is 9.82. The van der Waals surface area contributed by atoms with E-state index in [1.54, 1.807) is 11.9 Å². The van der Waals surface area contributed by atoms with Crippen LogP contribution in [0.15, 0.2) is 28.7 Å². The summed E-state index contributed by atoms with van der Waals surface area (Å²) >= 11 is 3.35. The molecule has 0 spiro atoms. The van der Waals surface area contributed by atoms with Crippen molar-refractivity contribution >= 4 is 27.7 Å². The van der Waals surface area contributed by atoms with E-state index in [-0.39, 0.29) is 18.4 Å². The van der Waals surface area contributed by atoms with Crippen LogP contribution in [0, 0.1) is 0 Å². The number of halogens is 1. The molecule has 1 rings (SSSR count). The maximum Gasteiger partial charge on any atom is 0.242 e. The van der Waals surface area contributed by atoms with Gasteiger partial charge in [0.05, 0.1) is 6.54 Å². The molecule has 1 N–H and O–H groups in total. The molecular weight excluding hydrogens is 284 g/mol. The zero-order valence-corrected chi connectivity index (χ0v) is 11.5. The lowest BCUT2D eigenvalue weighted by molar-refractivity contribution is -0.131. The Morgan fingerprint density at radius 1 is 1.29 bits per heavy atom. The second kappa shape index (κ2) is 6.39. The van der Waals surface area contributed by atoms with Crippen molar-refractivity contribution in [2.24, 2.45) is 0 Å². The van der Waals surface area contributed by atoms with Crippen molar-refractivity contribution in [1.29, 1.82) is 0 Å². The van der Waals surface area contributed by atoms with Gasteiger partial charge in [0.25, 0.3) is 0 Å². The fourth-order valence-corrected chi connectivity index (χ4v) is 1.55. The number of carbonyl (C=O) groups is 2. The van der Waals surface area contributed by atoms with Crippen molar-refractivity contribution in [3.8, 4) is 0 Å². The monoisotopic (exact) mass is 298 g/mol. The van der Waals surface area contributed by atoms with Gasteiger partial charge in [-0.15, -0.1) is 0 Å². The standard InChI is InChI=1S/C12H15BrN2O2/c1-9(16)14-7-12(17)15(2)8-10-3-5-11(13)6-4-10/h3-6H,7-8H2,1-2H3,(H,14,16). The van der Waals surface area contributed by atoms with Crippen LogP contribution < -0.4 is 5.32 Å². The number of hydrogen-bond donors (Lipinski definition) is 1. The van der Waals surface area contributed by atoms with Crippen LogP contribution in [0.2, 0.25) is 0 Å². The van der Waals surface area contributed by atoms with E-state index in [4.69, 9.17) is 0 Å². The summed E-state index contributed by atoms with van der Waals surface area (Å²) in [6.07, 6.45) is 0. The van der Waals surface area contributed by atoms with E-state index >= 15 is 0 Å². The summed E-state index contributed by atoms with van der Waals surface area (Å²) < 4.78 is 1.01. The van der Waals surface area contributed by atoms with Gasteiger partial charge in [0.2, 0.25) is 11.8 Å². The van der Waals surface area contributed by atoms with Gasteiger partial charge in [-0.05, 0) is 17.7 Å². The highest BCUT2D eigenvalue weighted by molar-refractivity contribution is 9.10. The van der Waals surface area contributed by atoms with Gasteiger partial charge in [-0.3, -0.25) is 9.59 Å². The number of benzene rings is 1. The SMILES string of the molecule is CC(=O)NCC(=O)N(C)Cc1ccc(Br)cc1. The summed E-state index contributed by atoms with van der Waals surface area (Å²) in [4.78, 5) is 23.9. The summed E-state index contributed by atoms with van der Waals surface area (Å²) in [5, 5.41) is 2.48. The molecule has 5 heteroatoms. The van der Waals surface area contributed by atoms with Crippen LogP contribution >= 0.6 is 15.9 Å². The molecule has 0 aliphatic heterocycles. The summed E-state index contributed by atoms with van der Waals surface area (Å²) in [6.45, 7) is 1.97. The van der Waals surface area contributed by atoms with Crippen molar-refractivity contribution in [1.82, 2.24) is 10.2 Å². The van der Waals surface area contributed by atoms with Crippen molar-refractivity contribution in [3.05, 3.63) is 34.3 Å². The molecule has 0 bridgehead atoms. The van der Waals surface area contributed by atoms with Crippen LogP contribution in [-0.4, -0.2) is 30.3 Å². The van der Waals surface area contributed by atoms with Gasteiger partial charge in [0.15, 0.2) is 0 Å². The van der Waals surface area contributed by atoms with Crippen LogP contribution in [0.5, 0.6) is 0 Å². The molecule has 92 valence electrons. The maximum absolute atomic E-state index is 11.6. The Labute approximate surface area is 109 Å². The van der Waals surface area contributed by atoms with Crippen molar-refractivity contribution < 1.29 is 9.59 Å². The minimum atomic E-state index is -0.199. The summed E-state index contributed by atoms with van der Waals surface area (Å²) in [7, 11) is 1.71. The molecule has 0 aromatic heterocycles. The molecule has 4 nitrogen and oxygen atoms in total. The average molecular weight is 299 g/mol. The first kappa shape index (κ1) is 13.7. The Kier molecular flexibility index (Phi) is 5.15. The van der Waals surface area contributed by atoms with Crippen LogP contribution in [0.4, 0.5) is 0 Å². The van der Waals surface area contributed by atoms with E-state index in [0.29, 0.717) is 6.54 Å². The number of carbonyl (C=O) groups excluding carboxylic acids is 2. The Bertz CT molecular complexity index is 403. The lowest BCUT2D eigenvalue weighted by atomic mass is 10.2. The first-order valence-electron chi connectivity index (χ1n) is 5.22. The molecule has 0 aliphatic carbocycles. The number of nitrogens with one attached hydrogen (secondary N) is 1.